The van der Waals surface area contributed by atoms with Crippen molar-refractivity contribution in [3.63, 3.8) is 0 Å². The Bertz CT molecular complexity index is 2080. The number of halogens is 2. The molecule has 0 radical (unpaired) electrons. The van der Waals surface area contributed by atoms with Crippen molar-refractivity contribution in [2.45, 2.75) is 79.2 Å². The molecule has 2 saturated heterocycles. The van der Waals surface area contributed by atoms with E-state index >= 15 is 0 Å². The molecule has 4 heterocycles. The van der Waals surface area contributed by atoms with Crippen LogP contribution < -0.4 is 20.4 Å². The van der Waals surface area contributed by atoms with Crippen LogP contribution in [-0.4, -0.2) is 108 Å². The number of aromatic nitrogens is 2. The van der Waals surface area contributed by atoms with Gasteiger partial charge in [-0.2, -0.15) is 0 Å². The fraction of sp³-hybridized carbons (Fsp3) is 0.469. The quantitative estimate of drug-likeness (QED) is 0.116. The van der Waals surface area contributed by atoms with E-state index in [-0.39, 0.29) is 35.6 Å². The molecule has 2 N–H and O–H groups in total. The van der Waals surface area contributed by atoms with Crippen LogP contribution in [0.15, 0.2) is 85.2 Å². The molecule has 14 heteroatoms. The maximum absolute atomic E-state index is 12.6. The van der Waals surface area contributed by atoms with Gasteiger partial charge in [-0.25, -0.2) is 9.97 Å². The average molecular weight is 900 g/mol. The van der Waals surface area contributed by atoms with Crippen LogP contribution >= 0.6 is 23.2 Å². The molecule has 0 aliphatic carbocycles. The maximum atomic E-state index is 12.6. The molecule has 338 valence electrons. The summed E-state index contributed by atoms with van der Waals surface area (Å²) in [4.78, 5) is 67.2. The van der Waals surface area contributed by atoms with Crippen molar-refractivity contribution in [1.82, 2.24) is 30.4 Å². The zero-order valence-electron chi connectivity index (χ0n) is 37.5. The second-order valence-corrected chi connectivity index (χ2v) is 17.4. The van der Waals surface area contributed by atoms with Crippen LogP contribution in [-0.2, 0) is 22.4 Å². The van der Waals surface area contributed by atoms with Crippen molar-refractivity contribution in [3.8, 4) is 0 Å². The lowest BCUT2D eigenvalue weighted by Gasteiger charge is -2.36. The van der Waals surface area contributed by atoms with E-state index in [9.17, 15) is 19.2 Å². The normalized spacial score (nSPS) is 15.0. The molecule has 2 fully saturated rings. The second kappa shape index (κ2) is 24.6. The lowest BCUT2D eigenvalue weighted by atomic mass is 10.0. The summed E-state index contributed by atoms with van der Waals surface area (Å²) in [6.45, 7) is 16.7. The van der Waals surface area contributed by atoms with E-state index in [1.807, 2.05) is 83.5 Å². The number of rotatable bonds is 16. The standard InChI is InChI=1S/C25H33ClN4O2.C24H31ClN4O2/c1-4-20(5-2)25(32)30-13-11-29(12-14-30)23-10-9-21(17-27-23)24(31)28-18(3)15-19-7-6-8-22(26)16-19;1-3-18(2)15-23(30)29-13-11-28(12-14-29)22-8-7-20(17-27-22)24(31)26-10-9-19-5-4-6-21(25)16-19/h6-10,16-18,20H,4-5,11-15H2,1-3H3,(H,28,31);4-8,16-18H,3,9-15H2,1-2H3,(H,26,31). The lowest BCUT2D eigenvalue weighted by molar-refractivity contribution is -0.136. The highest BCUT2D eigenvalue weighted by atomic mass is 35.5. The molecule has 2 aromatic heterocycles. The number of hydrogen-bond acceptors (Lipinski definition) is 8. The van der Waals surface area contributed by atoms with Crippen molar-refractivity contribution in [3.05, 3.63) is 117 Å². The highest BCUT2D eigenvalue weighted by Gasteiger charge is 2.26. The Morgan fingerprint density at radius 3 is 1.68 bits per heavy atom. The lowest BCUT2D eigenvalue weighted by Crippen LogP contribution is -2.50. The summed E-state index contributed by atoms with van der Waals surface area (Å²) in [6, 6.07) is 22.7. The minimum atomic E-state index is -0.140. The Morgan fingerprint density at radius 2 is 1.17 bits per heavy atom. The molecule has 2 aliphatic rings. The summed E-state index contributed by atoms with van der Waals surface area (Å²) in [5.41, 5.74) is 3.25. The summed E-state index contributed by atoms with van der Waals surface area (Å²) in [5, 5.41) is 7.34. The predicted octanol–water partition coefficient (Wildman–Crippen LogP) is 7.97. The first-order valence-electron chi connectivity index (χ1n) is 22.4. The highest BCUT2D eigenvalue weighted by Crippen LogP contribution is 2.20. The largest absolute Gasteiger partial charge is 0.353 e. The number of pyridine rings is 2. The van der Waals surface area contributed by atoms with Gasteiger partial charge in [-0.15, -0.1) is 0 Å². The van der Waals surface area contributed by atoms with Crippen LogP contribution in [0.1, 0.15) is 92.1 Å². The Morgan fingerprint density at radius 1 is 0.651 bits per heavy atom. The molecule has 6 rings (SSSR count). The van der Waals surface area contributed by atoms with Gasteiger partial charge >= 0.3 is 0 Å². The number of carbonyl (C=O) groups is 4. The summed E-state index contributed by atoms with van der Waals surface area (Å²) < 4.78 is 0. The smallest absolute Gasteiger partial charge is 0.253 e. The molecule has 2 unspecified atom stereocenters. The zero-order valence-corrected chi connectivity index (χ0v) is 39.0. The first kappa shape index (κ1) is 48.8. The van der Waals surface area contributed by atoms with E-state index in [4.69, 9.17) is 23.2 Å². The minimum Gasteiger partial charge on any atom is -0.353 e. The topological polar surface area (TPSA) is 131 Å². The van der Waals surface area contributed by atoms with Gasteiger partial charge in [0.15, 0.2) is 0 Å². The molecule has 63 heavy (non-hydrogen) atoms. The number of nitrogens with zero attached hydrogens (tertiary/aromatic N) is 6. The molecule has 2 atom stereocenters. The Kier molecular flexibility index (Phi) is 19.1. The number of piperazine rings is 2. The van der Waals surface area contributed by atoms with Gasteiger partial charge in [-0.3, -0.25) is 19.2 Å². The molecule has 0 bridgehead atoms. The van der Waals surface area contributed by atoms with Crippen LogP contribution in [0, 0.1) is 11.8 Å². The first-order chi connectivity index (χ1) is 30.4. The summed E-state index contributed by atoms with van der Waals surface area (Å²) in [7, 11) is 0. The van der Waals surface area contributed by atoms with E-state index < -0.39 is 0 Å². The Balaban J connectivity index is 0.000000238. The van der Waals surface area contributed by atoms with Gasteiger partial charge in [-0.05, 0) is 98.2 Å². The number of benzene rings is 2. The van der Waals surface area contributed by atoms with Gasteiger partial charge < -0.3 is 30.2 Å². The zero-order chi connectivity index (χ0) is 45.3. The van der Waals surface area contributed by atoms with Gasteiger partial charge in [-0.1, -0.05) is 81.6 Å². The van der Waals surface area contributed by atoms with E-state index in [1.165, 1.54) is 0 Å². The van der Waals surface area contributed by atoms with Gasteiger partial charge in [0, 0.05) is 99.7 Å². The van der Waals surface area contributed by atoms with Crippen molar-refractivity contribution in [1.29, 1.82) is 0 Å². The van der Waals surface area contributed by atoms with Gasteiger partial charge in [0.1, 0.15) is 11.6 Å². The molecule has 0 saturated carbocycles. The molecule has 4 aromatic rings. The maximum Gasteiger partial charge on any atom is 0.253 e. The average Bonchev–Trinajstić information content (AvgIpc) is 3.29. The van der Waals surface area contributed by atoms with Gasteiger partial charge in [0.25, 0.3) is 11.8 Å². The Hall–Kier alpha value is -5.20. The van der Waals surface area contributed by atoms with Crippen molar-refractivity contribution < 1.29 is 19.2 Å². The van der Waals surface area contributed by atoms with E-state index in [1.54, 1.807) is 18.5 Å². The summed E-state index contributed by atoms with van der Waals surface area (Å²) in [6.07, 6.45) is 8.08. The molecule has 2 aliphatic heterocycles. The van der Waals surface area contributed by atoms with Gasteiger partial charge in [0.2, 0.25) is 11.8 Å². The third kappa shape index (κ3) is 15.0. The number of anilines is 2. The first-order valence-corrected chi connectivity index (χ1v) is 23.2. The third-order valence-corrected chi connectivity index (χ3v) is 12.3. The van der Waals surface area contributed by atoms with Crippen molar-refractivity contribution >= 4 is 58.5 Å². The number of amides is 4. The SMILES string of the molecule is CCC(C)CC(=O)N1CCN(c2ccc(C(=O)NCCc3cccc(Cl)c3)cn2)CC1.CCC(CC)C(=O)N1CCN(c2ccc(C(=O)NC(C)Cc3cccc(Cl)c3)cn2)CC1. The van der Waals surface area contributed by atoms with Crippen molar-refractivity contribution in [2.75, 3.05) is 68.7 Å². The van der Waals surface area contributed by atoms with E-state index in [0.717, 1.165) is 74.6 Å². The number of carbonyl (C=O) groups excluding carboxylic acids is 4. The second-order valence-electron chi connectivity index (χ2n) is 16.6. The number of hydrogen-bond donors (Lipinski definition) is 2. The highest BCUT2D eigenvalue weighted by molar-refractivity contribution is 6.30. The molecule has 12 nitrogen and oxygen atoms in total. The van der Waals surface area contributed by atoms with E-state index in [2.05, 4.69) is 58.1 Å². The van der Waals surface area contributed by atoms with Crippen LogP contribution in [0.25, 0.3) is 0 Å². The molecule has 2 aromatic carbocycles. The van der Waals surface area contributed by atoms with E-state index in [0.29, 0.717) is 72.7 Å². The van der Waals surface area contributed by atoms with Crippen LogP contribution in [0.5, 0.6) is 0 Å². The summed E-state index contributed by atoms with van der Waals surface area (Å²) >= 11 is 12.0. The fourth-order valence-corrected chi connectivity index (χ4v) is 8.14. The van der Waals surface area contributed by atoms with Crippen LogP contribution in [0.2, 0.25) is 10.0 Å². The molecule has 4 amide bonds. The minimum absolute atomic E-state index is 0.0266. The summed E-state index contributed by atoms with van der Waals surface area (Å²) in [5.74, 6) is 2.46. The third-order valence-electron chi connectivity index (χ3n) is 11.8. The Labute approximate surface area is 383 Å². The van der Waals surface area contributed by atoms with Gasteiger partial charge in [0.05, 0.1) is 11.1 Å². The fourth-order valence-electron chi connectivity index (χ4n) is 7.71. The monoisotopic (exact) mass is 898 g/mol. The molecule has 0 spiro atoms. The predicted molar refractivity (Wildman–Crippen MR) is 254 cm³/mol. The van der Waals surface area contributed by atoms with Crippen LogP contribution in [0.3, 0.4) is 0 Å². The number of nitrogens with one attached hydrogen (secondary N) is 2. The van der Waals surface area contributed by atoms with Crippen LogP contribution in [0.4, 0.5) is 11.6 Å². The molecular weight excluding hydrogens is 835 g/mol. The van der Waals surface area contributed by atoms with Crippen molar-refractivity contribution in [2.24, 2.45) is 11.8 Å². The molecular formula is C49H64Cl2N8O4.